The van der Waals surface area contributed by atoms with Crippen LogP contribution in [0.5, 0.6) is 0 Å². The highest BCUT2D eigenvalue weighted by molar-refractivity contribution is 8.22. The summed E-state index contributed by atoms with van der Waals surface area (Å²) in [5.41, 5.74) is 10.5. The summed E-state index contributed by atoms with van der Waals surface area (Å²) in [6, 6.07) is 3.98. The summed E-state index contributed by atoms with van der Waals surface area (Å²) in [5.74, 6) is -1.82. The van der Waals surface area contributed by atoms with Gasteiger partial charge in [0.15, 0.2) is 0 Å². The summed E-state index contributed by atoms with van der Waals surface area (Å²) in [6.45, 7) is 0.713. The summed E-state index contributed by atoms with van der Waals surface area (Å²) in [4.78, 5) is 3.18. The third kappa shape index (κ3) is 4.47. The highest BCUT2D eigenvalue weighted by atomic mass is 32.2. The second kappa shape index (κ2) is 7.93. The zero-order chi connectivity index (χ0) is 19.6. The van der Waals surface area contributed by atoms with Crippen LogP contribution in [0.1, 0.15) is 5.56 Å². The topological polar surface area (TPSA) is 62.9 Å². The van der Waals surface area contributed by atoms with Gasteiger partial charge < -0.3 is 9.64 Å². The van der Waals surface area contributed by atoms with E-state index in [1.165, 1.54) is 25.3 Å². The highest BCUT2D eigenvalue weighted by Gasteiger charge is 2.26. The van der Waals surface area contributed by atoms with Crippen LogP contribution in [0.3, 0.4) is 0 Å². The summed E-state index contributed by atoms with van der Waals surface area (Å²) in [7, 11) is 4.56. The van der Waals surface area contributed by atoms with E-state index in [4.69, 9.17) is 10.5 Å². The van der Waals surface area contributed by atoms with Crippen LogP contribution in [-0.2, 0) is 10.5 Å². The van der Waals surface area contributed by atoms with Gasteiger partial charge >= 0.3 is 0 Å². The van der Waals surface area contributed by atoms with Gasteiger partial charge in [0.05, 0.1) is 5.71 Å². The third-order valence-corrected chi connectivity index (χ3v) is 6.58. The fourth-order valence-electron chi connectivity index (χ4n) is 2.85. The molecule has 0 saturated heterocycles. The Labute approximate surface area is 160 Å². The molecule has 0 radical (unpaired) electrons. The number of ether oxygens (including phenoxy) is 1. The number of rotatable bonds is 6. The molecule has 3 rings (SSSR count). The lowest BCUT2D eigenvalue weighted by molar-refractivity contribution is 0.00792. The van der Waals surface area contributed by atoms with Crippen LogP contribution < -0.4 is 11.2 Å². The van der Waals surface area contributed by atoms with E-state index in [2.05, 4.69) is 15.9 Å². The van der Waals surface area contributed by atoms with Crippen molar-refractivity contribution in [2.24, 2.45) is 10.8 Å². The maximum atomic E-state index is 14.1. The minimum absolute atomic E-state index is 0.130. The van der Waals surface area contributed by atoms with E-state index in [-0.39, 0.29) is 5.56 Å². The maximum absolute atomic E-state index is 14.1. The summed E-state index contributed by atoms with van der Waals surface area (Å²) >= 11 is 0. The fraction of sp³-hybridized carbons (Fsp3) is 0.316. The number of nitrogens with two attached hydrogens (primary N) is 1. The highest BCUT2D eigenvalue weighted by Crippen LogP contribution is 2.47. The monoisotopic (exact) mass is 394 g/mol. The lowest BCUT2D eigenvalue weighted by atomic mass is 10.1. The Hall–Kier alpha value is -2.00. The number of methoxy groups -OCH3 is 1. The molecule has 8 heteroatoms. The molecule has 2 atom stereocenters. The van der Waals surface area contributed by atoms with E-state index in [0.717, 1.165) is 10.5 Å². The molecule has 0 bridgehead atoms. The first-order chi connectivity index (χ1) is 12.8. The molecule has 2 heterocycles. The van der Waals surface area contributed by atoms with Crippen molar-refractivity contribution in [1.29, 1.82) is 0 Å². The summed E-state index contributed by atoms with van der Waals surface area (Å²) < 4.78 is 33.4. The SMILES string of the molecule is COC1(N)C=CC(C2=C[SH](Cc3c(F)cccc3F)C(CN(C)C)=C2)=NN1. The first-order valence-electron chi connectivity index (χ1n) is 8.46. The molecule has 146 valence electrons. The molecule has 27 heavy (non-hydrogen) atoms. The fourth-order valence-corrected chi connectivity index (χ4v) is 5.27. The van der Waals surface area contributed by atoms with E-state index in [1.54, 1.807) is 12.2 Å². The van der Waals surface area contributed by atoms with Crippen molar-refractivity contribution in [3.8, 4) is 0 Å². The van der Waals surface area contributed by atoms with Gasteiger partial charge in [0.25, 0.3) is 0 Å². The van der Waals surface area contributed by atoms with Crippen molar-refractivity contribution in [2.75, 3.05) is 27.7 Å². The molecule has 0 fully saturated rings. The zero-order valence-corrected chi connectivity index (χ0v) is 16.4. The standard InChI is InChI=1S/C19H24F2N4OS/c1-25(2)10-14-9-13(18-7-8-19(22,26-3)24-23-18)11-27(14)12-15-16(20)5-4-6-17(15)21/h4-9,11,24,27H,10,12,22H2,1-3H3. The van der Waals surface area contributed by atoms with Crippen LogP contribution >= 0.6 is 10.9 Å². The molecule has 0 amide bonds. The zero-order valence-electron chi connectivity index (χ0n) is 15.5. The van der Waals surface area contributed by atoms with Gasteiger partial charge in [-0.15, -0.1) is 0 Å². The quantitative estimate of drug-likeness (QED) is 0.513. The average molecular weight is 394 g/mol. The largest absolute Gasteiger partial charge is 0.342 e. The minimum atomic E-state index is -1.13. The number of allylic oxidation sites excluding steroid dienone is 3. The van der Waals surface area contributed by atoms with Crippen molar-refractivity contribution < 1.29 is 13.5 Å². The van der Waals surface area contributed by atoms with Crippen LogP contribution in [0.4, 0.5) is 8.78 Å². The molecule has 0 aromatic heterocycles. The summed E-state index contributed by atoms with van der Waals surface area (Å²) in [5, 5.41) is 6.35. The lowest BCUT2D eigenvalue weighted by Crippen LogP contribution is -2.52. The van der Waals surface area contributed by atoms with Gasteiger partial charge in [0.1, 0.15) is 11.6 Å². The lowest BCUT2D eigenvalue weighted by Gasteiger charge is -2.26. The molecule has 0 aliphatic carbocycles. The number of nitrogens with one attached hydrogen (secondary N) is 1. The number of nitrogens with zero attached hydrogens (tertiary/aromatic N) is 2. The normalized spacial score (nSPS) is 25.9. The number of likely N-dealkylation sites (N-methyl/N-ethyl adjacent to an activating group) is 1. The Morgan fingerprint density at radius 1 is 1.30 bits per heavy atom. The molecule has 0 spiro atoms. The first kappa shape index (κ1) is 19.8. The van der Waals surface area contributed by atoms with Gasteiger partial charge in [-0.3, -0.25) is 11.2 Å². The van der Waals surface area contributed by atoms with Crippen molar-refractivity contribution in [3.05, 3.63) is 69.5 Å². The molecule has 1 aromatic rings. The molecule has 2 aliphatic rings. The number of benzene rings is 1. The minimum Gasteiger partial charge on any atom is -0.342 e. The Morgan fingerprint density at radius 3 is 2.56 bits per heavy atom. The van der Waals surface area contributed by atoms with Crippen molar-refractivity contribution >= 4 is 16.6 Å². The Bertz CT molecular complexity index is 830. The van der Waals surface area contributed by atoms with Crippen molar-refractivity contribution in [2.45, 2.75) is 11.6 Å². The number of hydrazone groups is 1. The Morgan fingerprint density at radius 2 is 2.00 bits per heavy atom. The molecule has 1 aromatic carbocycles. The van der Waals surface area contributed by atoms with Gasteiger partial charge in [-0.1, -0.05) is 6.07 Å². The van der Waals surface area contributed by atoms with Crippen LogP contribution in [-0.4, -0.2) is 44.2 Å². The first-order valence-corrected chi connectivity index (χ1v) is 10.1. The van der Waals surface area contributed by atoms with E-state index in [9.17, 15) is 8.78 Å². The molecular weight excluding hydrogens is 370 g/mol. The second-order valence-corrected chi connectivity index (χ2v) is 8.81. The van der Waals surface area contributed by atoms with Crippen molar-refractivity contribution in [1.82, 2.24) is 10.3 Å². The van der Waals surface area contributed by atoms with Gasteiger partial charge in [-0.25, -0.2) is 19.7 Å². The number of thiol groups is 1. The van der Waals surface area contributed by atoms with Gasteiger partial charge in [-0.2, -0.15) is 5.10 Å². The molecule has 2 unspecified atom stereocenters. The molecule has 5 nitrogen and oxygen atoms in total. The predicted octanol–water partition coefficient (Wildman–Crippen LogP) is 2.58. The van der Waals surface area contributed by atoms with E-state index < -0.39 is 28.4 Å². The molecule has 0 saturated carbocycles. The molecular formula is C19H24F2N4OS. The van der Waals surface area contributed by atoms with Gasteiger partial charge in [0.2, 0.25) is 5.85 Å². The van der Waals surface area contributed by atoms with Gasteiger partial charge in [0, 0.05) is 30.5 Å². The van der Waals surface area contributed by atoms with Crippen LogP contribution in [0.15, 0.2) is 57.4 Å². The third-order valence-electron chi connectivity index (χ3n) is 4.33. The van der Waals surface area contributed by atoms with E-state index in [1.807, 2.05) is 25.1 Å². The molecule has 3 N–H and O–H groups in total. The number of hydrogen-bond donors (Lipinski definition) is 3. The molecule has 2 aliphatic heterocycles. The van der Waals surface area contributed by atoms with Gasteiger partial charge in [-0.05, 0) is 54.8 Å². The average Bonchev–Trinajstić information content (AvgIpc) is 3.01. The van der Waals surface area contributed by atoms with E-state index >= 15 is 0 Å². The smallest absolute Gasteiger partial charge is 0.228 e. The second-order valence-electron chi connectivity index (χ2n) is 6.73. The summed E-state index contributed by atoms with van der Waals surface area (Å²) in [6.07, 6.45) is 5.52. The predicted molar refractivity (Wildman–Crippen MR) is 107 cm³/mol. The van der Waals surface area contributed by atoms with Crippen LogP contribution in [0, 0.1) is 11.6 Å². The van der Waals surface area contributed by atoms with Crippen LogP contribution in [0.25, 0.3) is 0 Å². The Kier molecular flexibility index (Phi) is 5.81. The maximum Gasteiger partial charge on any atom is 0.228 e. The number of halogens is 2. The number of hydrogen-bond acceptors (Lipinski definition) is 5. The Balaban J connectivity index is 1.87. The van der Waals surface area contributed by atoms with Crippen molar-refractivity contribution in [3.63, 3.8) is 0 Å². The van der Waals surface area contributed by atoms with Crippen LogP contribution in [0.2, 0.25) is 0 Å². The van der Waals surface area contributed by atoms with E-state index in [0.29, 0.717) is 18.0 Å².